The largest absolute Gasteiger partial charge is 0.416 e. The van der Waals surface area contributed by atoms with Gasteiger partial charge in [-0.2, -0.15) is 26.3 Å². The van der Waals surface area contributed by atoms with Crippen LogP contribution in [0.3, 0.4) is 0 Å². The lowest BCUT2D eigenvalue weighted by Gasteiger charge is -2.15. The van der Waals surface area contributed by atoms with Crippen LogP contribution in [0.2, 0.25) is 0 Å². The molecule has 0 bridgehead atoms. The van der Waals surface area contributed by atoms with E-state index in [-0.39, 0.29) is 23.7 Å². The molecule has 2 aromatic carbocycles. The Kier molecular flexibility index (Phi) is 5.44. The highest BCUT2D eigenvalue weighted by atomic mass is 19.4. The molecule has 138 valence electrons. The minimum Gasteiger partial charge on any atom is -0.348 e. The highest BCUT2D eigenvalue weighted by Gasteiger charge is 2.37. The Morgan fingerprint density at radius 1 is 0.846 bits per heavy atom. The van der Waals surface area contributed by atoms with Gasteiger partial charge in [-0.1, -0.05) is 24.8 Å². The number of carbonyl (C=O) groups is 1. The second kappa shape index (κ2) is 7.23. The average Bonchev–Trinajstić information content (AvgIpc) is 2.58. The van der Waals surface area contributed by atoms with Crippen LogP contribution in [0.25, 0.3) is 5.57 Å². The predicted octanol–water partition coefficient (Wildman–Crippen LogP) is 5.17. The second-order valence-electron chi connectivity index (χ2n) is 5.45. The first-order valence-corrected chi connectivity index (χ1v) is 7.29. The molecule has 1 amide bonds. The number of alkyl halides is 6. The summed E-state index contributed by atoms with van der Waals surface area (Å²) in [5.41, 5.74) is -2.98. The molecular formula is C18H13F6NO. The highest BCUT2D eigenvalue weighted by molar-refractivity contribution is 5.95. The summed E-state index contributed by atoms with van der Waals surface area (Å²) in [6.07, 6.45) is -9.88. The first-order valence-electron chi connectivity index (χ1n) is 7.29. The first kappa shape index (κ1) is 19.6. The van der Waals surface area contributed by atoms with Crippen molar-refractivity contribution in [1.82, 2.24) is 5.32 Å². The number of rotatable bonds is 4. The second-order valence-corrected chi connectivity index (χ2v) is 5.45. The quantitative estimate of drug-likeness (QED) is 0.737. The molecule has 0 fully saturated rings. The normalized spacial score (nSPS) is 11.9. The lowest BCUT2D eigenvalue weighted by Crippen LogP contribution is -2.25. The van der Waals surface area contributed by atoms with E-state index in [0.29, 0.717) is 17.7 Å². The standard InChI is InChI=1S/C18H13F6NO/c1-11(10-25-16(26)12-5-3-2-4-6-12)13-7-14(17(19,20)21)9-15(8-13)18(22,23)24/h2-9H,1,10H2,(H,25,26). The van der Waals surface area contributed by atoms with Crippen LogP contribution in [-0.2, 0) is 12.4 Å². The van der Waals surface area contributed by atoms with Gasteiger partial charge in [0.2, 0.25) is 0 Å². The molecule has 2 aromatic rings. The fourth-order valence-corrected chi connectivity index (χ4v) is 2.14. The van der Waals surface area contributed by atoms with E-state index in [1.807, 2.05) is 0 Å². The maximum Gasteiger partial charge on any atom is 0.416 e. The Balaban J connectivity index is 2.23. The van der Waals surface area contributed by atoms with Gasteiger partial charge in [0.25, 0.3) is 5.91 Å². The van der Waals surface area contributed by atoms with Crippen molar-refractivity contribution in [1.29, 1.82) is 0 Å². The molecule has 0 saturated carbocycles. The van der Waals surface area contributed by atoms with Crippen LogP contribution in [0.4, 0.5) is 26.3 Å². The van der Waals surface area contributed by atoms with Crippen molar-refractivity contribution >= 4 is 11.5 Å². The molecule has 8 heteroatoms. The van der Waals surface area contributed by atoms with Crippen molar-refractivity contribution in [3.8, 4) is 0 Å². The summed E-state index contributed by atoms with van der Waals surface area (Å²) in [5.74, 6) is -0.519. The minimum atomic E-state index is -4.94. The number of hydrogen-bond donors (Lipinski definition) is 1. The lowest BCUT2D eigenvalue weighted by atomic mass is 10.00. The molecule has 0 atom stereocenters. The molecule has 0 aliphatic heterocycles. The van der Waals surface area contributed by atoms with Crippen LogP contribution in [0.5, 0.6) is 0 Å². The Morgan fingerprint density at radius 2 is 1.35 bits per heavy atom. The number of hydrogen-bond acceptors (Lipinski definition) is 1. The maximum atomic E-state index is 12.9. The number of benzene rings is 2. The molecule has 0 aromatic heterocycles. The van der Waals surface area contributed by atoms with Crippen LogP contribution < -0.4 is 5.32 Å². The zero-order valence-corrected chi connectivity index (χ0v) is 13.2. The van der Waals surface area contributed by atoms with E-state index >= 15 is 0 Å². The summed E-state index contributed by atoms with van der Waals surface area (Å²) in [4.78, 5) is 11.9. The molecular weight excluding hydrogens is 360 g/mol. The molecule has 0 radical (unpaired) electrons. The maximum absolute atomic E-state index is 12.9. The van der Waals surface area contributed by atoms with Gasteiger partial charge >= 0.3 is 12.4 Å². The number of halogens is 6. The predicted molar refractivity (Wildman–Crippen MR) is 84.3 cm³/mol. The topological polar surface area (TPSA) is 29.1 Å². The smallest absolute Gasteiger partial charge is 0.348 e. The summed E-state index contributed by atoms with van der Waals surface area (Å²) in [6, 6.07) is 9.15. The van der Waals surface area contributed by atoms with Crippen LogP contribution in [0.15, 0.2) is 55.1 Å². The Morgan fingerprint density at radius 3 is 1.81 bits per heavy atom. The van der Waals surface area contributed by atoms with Gasteiger partial charge in [-0.25, -0.2) is 0 Å². The van der Waals surface area contributed by atoms with Gasteiger partial charge in [0.15, 0.2) is 0 Å². The van der Waals surface area contributed by atoms with Gasteiger partial charge in [0.1, 0.15) is 0 Å². The summed E-state index contributed by atoms with van der Waals surface area (Å²) in [5, 5.41) is 2.41. The van der Waals surface area contributed by atoms with E-state index in [4.69, 9.17) is 0 Å². The van der Waals surface area contributed by atoms with E-state index in [1.54, 1.807) is 18.2 Å². The zero-order valence-electron chi connectivity index (χ0n) is 13.2. The number of nitrogens with one attached hydrogen (secondary N) is 1. The van der Waals surface area contributed by atoms with Gasteiger partial charge in [-0.15, -0.1) is 0 Å². The van der Waals surface area contributed by atoms with Crippen molar-refractivity contribution in [2.24, 2.45) is 0 Å². The van der Waals surface area contributed by atoms with Gasteiger partial charge in [0, 0.05) is 12.1 Å². The van der Waals surface area contributed by atoms with E-state index < -0.39 is 29.4 Å². The van der Waals surface area contributed by atoms with E-state index in [9.17, 15) is 31.1 Å². The van der Waals surface area contributed by atoms with E-state index in [2.05, 4.69) is 11.9 Å². The summed E-state index contributed by atoms with van der Waals surface area (Å²) < 4.78 is 77.2. The lowest BCUT2D eigenvalue weighted by molar-refractivity contribution is -0.143. The fraction of sp³-hybridized carbons (Fsp3) is 0.167. The van der Waals surface area contributed by atoms with Crippen molar-refractivity contribution in [2.45, 2.75) is 12.4 Å². The van der Waals surface area contributed by atoms with Crippen LogP contribution >= 0.6 is 0 Å². The van der Waals surface area contributed by atoms with Crippen LogP contribution in [0, 0.1) is 0 Å². The number of carbonyl (C=O) groups excluding carboxylic acids is 1. The molecule has 1 N–H and O–H groups in total. The molecule has 2 nitrogen and oxygen atoms in total. The molecule has 0 aliphatic rings. The first-order chi connectivity index (χ1) is 12.0. The van der Waals surface area contributed by atoms with Gasteiger partial charge in [-0.3, -0.25) is 4.79 Å². The Hall–Kier alpha value is -2.77. The average molecular weight is 373 g/mol. The Labute approximate surface area is 145 Å². The monoisotopic (exact) mass is 373 g/mol. The van der Waals surface area contributed by atoms with Gasteiger partial charge in [-0.05, 0) is 41.5 Å². The highest BCUT2D eigenvalue weighted by Crippen LogP contribution is 2.37. The molecule has 2 rings (SSSR count). The number of amides is 1. The minimum absolute atomic E-state index is 0.0410. The molecule has 26 heavy (non-hydrogen) atoms. The summed E-state index contributed by atoms with van der Waals surface area (Å²) >= 11 is 0. The van der Waals surface area contributed by atoms with Crippen molar-refractivity contribution in [3.63, 3.8) is 0 Å². The summed E-state index contributed by atoms with van der Waals surface area (Å²) in [6.45, 7) is 3.19. The zero-order chi connectivity index (χ0) is 19.5. The molecule has 0 aliphatic carbocycles. The van der Waals surface area contributed by atoms with Crippen molar-refractivity contribution < 1.29 is 31.1 Å². The van der Waals surface area contributed by atoms with Crippen LogP contribution in [-0.4, -0.2) is 12.5 Å². The Bertz CT molecular complexity index is 776. The molecule has 0 saturated heterocycles. The third-order valence-corrected chi connectivity index (χ3v) is 3.49. The third kappa shape index (κ3) is 4.87. The SMILES string of the molecule is C=C(CNC(=O)c1ccccc1)c1cc(C(F)(F)F)cc(C(F)(F)F)c1. The van der Waals surface area contributed by atoms with Crippen molar-refractivity contribution in [3.05, 3.63) is 77.4 Å². The summed E-state index contributed by atoms with van der Waals surface area (Å²) in [7, 11) is 0. The third-order valence-electron chi connectivity index (χ3n) is 3.49. The van der Waals surface area contributed by atoms with Crippen LogP contribution in [0.1, 0.15) is 27.0 Å². The van der Waals surface area contributed by atoms with Gasteiger partial charge in [0.05, 0.1) is 11.1 Å². The molecule has 0 spiro atoms. The molecule has 0 heterocycles. The molecule has 0 unspecified atom stereocenters. The van der Waals surface area contributed by atoms with E-state index in [0.717, 1.165) is 0 Å². The van der Waals surface area contributed by atoms with Gasteiger partial charge < -0.3 is 5.32 Å². The van der Waals surface area contributed by atoms with Crippen molar-refractivity contribution in [2.75, 3.05) is 6.54 Å². The fourth-order valence-electron chi connectivity index (χ4n) is 2.14. The van der Waals surface area contributed by atoms with E-state index in [1.165, 1.54) is 12.1 Å².